The number of nitrogens with zero attached hydrogens (tertiary/aromatic N) is 2. The van der Waals surface area contributed by atoms with Crippen molar-refractivity contribution in [3.63, 3.8) is 0 Å². The third kappa shape index (κ3) is 3.34. The molecular formula is C15H18N2O4. The average Bonchev–Trinajstić information content (AvgIpc) is 2.89. The van der Waals surface area contributed by atoms with E-state index in [4.69, 9.17) is 14.7 Å². The predicted molar refractivity (Wildman–Crippen MR) is 75.6 cm³/mol. The molecule has 0 aliphatic rings. The van der Waals surface area contributed by atoms with Gasteiger partial charge in [0.05, 0.1) is 18.9 Å². The molecule has 1 heterocycles. The molecule has 0 amide bonds. The van der Waals surface area contributed by atoms with Crippen LogP contribution in [-0.4, -0.2) is 28.2 Å². The minimum Gasteiger partial charge on any atom is -0.472 e. The lowest BCUT2D eigenvalue weighted by molar-refractivity contribution is 0.0597. The molecule has 0 radical (unpaired) electrons. The van der Waals surface area contributed by atoms with Crippen molar-refractivity contribution in [2.75, 3.05) is 7.11 Å². The van der Waals surface area contributed by atoms with Crippen molar-refractivity contribution in [2.45, 2.75) is 26.4 Å². The Bertz CT molecular complexity index is 634. The molecule has 6 nitrogen and oxygen atoms in total. The molecule has 1 aromatic heterocycles. The number of methoxy groups -OCH3 is 1. The largest absolute Gasteiger partial charge is 0.472 e. The Hall–Kier alpha value is -2.50. The van der Waals surface area contributed by atoms with Crippen molar-refractivity contribution in [3.05, 3.63) is 47.2 Å². The maximum absolute atomic E-state index is 11.9. The first-order valence-corrected chi connectivity index (χ1v) is 6.60. The van der Waals surface area contributed by atoms with Gasteiger partial charge in [-0.2, -0.15) is 0 Å². The Morgan fingerprint density at radius 2 is 2.14 bits per heavy atom. The van der Waals surface area contributed by atoms with Crippen LogP contribution in [0.25, 0.3) is 0 Å². The maximum atomic E-state index is 11.9. The fourth-order valence-corrected chi connectivity index (χ4v) is 2.13. The molecule has 0 saturated carbocycles. The van der Waals surface area contributed by atoms with Crippen molar-refractivity contribution in [1.82, 2.24) is 9.94 Å². The van der Waals surface area contributed by atoms with Crippen molar-refractivity contribution in [3.8, 4) is 5.88 Å². The standard InChI is InChI=1S/C15H18N2O4/c1-10(2)11-5-4-6-12(15(18)20-3)13(11)9-21-14-7-8-17(19)16-14/h4-8,10,19H,9H2,1-3H3. The van der Waals surface area contributed by atoms with Crippen LogP contribution < -0.4 is 4.74 Å². The summed E-state index contributed by atoms with van der Waals surface area (Å²) in [7, 11) is 1.35. The number of carbonyl (C=O) groups excluding carboxylic acids is 1. The number of hydrogen-bond acceptors (Lipinski definition) is 5. The van der Waals surface area contributed by atoms with Gasteiger partial charge in [0, 0.05) is 11.6 Å². The molecule has 0 saturated heterocycles. The highest BCUT2D eigenvalue weighted by Gasteiger charge is 2.17. The third-order valence-corrected chi connectivity index (χ3v) is 3.16. The normalized spacial score (nSPS) is 10.7. The number of hydrogen-bond donors (Lipinski definition) is 1. The molecule has 0 unspecified atom stereocenters. The molecule has 0 aliphatic carbocycles. The van der Waals surface area contributed by atoms with Gasteiger partial charge in [-0.3, -0.25) is 0 Å². The van der Waals surface area contributed by atoms with Crippen molar-refractivity contribution in [1.29, 1.82) is 0 Å². The van der Waals surface area contributed by atoms with E-state index >= 15 is 0 Å². The Morgan fingerprint density at radius 3 is 2.71 bits per heavy atom. The molecule has 1 N–H and O–H groups in total. The van der Waals surface area contributed by atoms with E-state index in [1.807, 2.05) is 26.0 Å². The molecule has 2 aromatic rings. The molecule has 1 aromatic carbocycles. The summed E-state index contributed by atoms with van der Waals surface area (Å²) in [5.41, 5.74) is 2.26. The van der Waals surface area contributed by atoms with Crippen LogP contribution in [0.1, 0.15) is 41.3 Å². The Morgan fingerprint density at radius 1 is 1.38 bits per heavy atom. The smallest absolute Gasteiger partial charge is 0.338 e. The first kappa shape index (κ1) is 14.9. The van der Waals surface area contributed by atoms with E-state index in [9.17, 15) is 4.79 Å². The Balaban J connectivity index is 2.32. The van der Waals surface area contributed by atoms with Crippen LogP contribution >= 0.6 is 0 Å². The molecule has 6 heteroatoms. The topological polar surface area (TPSA) is 73.6 Å². The summed E-state index contributed by atoms with van der Waals surface area (Å²) in [4.78, 5) is 12.6. The zero-order valence-electron chi connectivity index (χ0n) is 12.2. The highest BCUT2D eigenvalue weighted by molar-refractivity contribution is 5.91. The first-order chi connectivity index (χ1) is 10.0. The first-order valence-electron chi connectivity index (χ1n) is 6.60. The van der Waals surface area contributed by atoms with Crippen molar-refractivity contribution >= 4 is 5.97 Å². The highest BCUT2D eigenvalue weighted by Crippen LogP contribution is 2.24. The number of aromatic nitrogens is 2. The van der Waals surface area contributed by atoms with Gasteiger partial charge in [-0.25, -0.2) is 4.79 Å². The summed E-state index contributed by atoms with van der Waals surface area (Å²) in [6, 6.07) is 7.03. The number of ether oxygens (including phenoxy) is 2. The van der Waals surface area contributed by atoms with Crippen LogP contribution in [0, 0.1) is 0 Å². The van der Waals surface area contributed by atoms with Crippen LogP contribution in [0.4, 0.5) is 0 Å². The molecular weight excluding hydrogens is 272 g/mol. The minimum atomic E-state index is -0.399. The number of carbonyl (C=O) groups is 1. The van der Waals surface area contributed by atoms with Gasteiger partial charge in [0.1, 0.15) is 6.61 Å². The molecule has 2 rings (SSSR count). The fraction of sp³-hybridized carbons (Fsp3) is 0.333. The lowest BCUT2D eigenvalue weighted by Gasteiger charge is -2.16. The molecule has 112 valence electrons. The van der Waals surface area contributed by atoms with E-state index in [1.54, 1.807) is 6.07 Å². The Kier molecular flexibility index (Phi) is 4.47. The molecule has 0 atom stereocenters. The van der Waals surface area contributed by atoms with Gasteiger partial charge in [-0.15, -0.1) is 4.85 Å². The number of esters is 1. The van der Waals surface area contributed by atoms with Gasteiger partial charge < -0.3 is 14.7 Å². The zero-order chi connectivity index (χ0) is 15.4. The summed E-state index contributed by atoms with van der Waals surface area (Å²) in [5.74, 6) is 0.124. The van der Waals surface area contributed by atoms with E-state index in [2.05, 4.69) is 5.10 Å². The number of benzene rings is 1. The fourth-order valence-electron chi connectivity index (χ4n) is 2.13. The van der Waals surface area contributed by atoms with Crippen LogP contribution in [0.5, 0.6) is 5.88 Å². The van der Waals surface area contributed by atoms with Gasteiger partial charge in [-0.1, -0.05) is 31.1 Å². The third-order valence-electron chi connectivity index (χ3n) is 3.16. The second kappa shape index (κ2) is 6.30. The highest BCUT2D eigenvalue weighted by atomic mass is 16.5. The van der Waals surface area contributed by atoms with Crippen LogP contribution in [0.15, 0.2) is 30.5 Å². The predicted octanol–water partition coefficient (Wildman–Crippen LogP) is 2.61. The Labute approximate surface area is 122 Å². The van der Waals surface area contributed by atoms with Crippen LogP contribution in [-0.2, 0) is 11.3 Å². The summed E-state index contributed by atoms with van der Waals surface area (Å²) in [6.07, 6.45) is 1.37. The summed E-state index contributed by atoms with van der Waals surface area (Å²) >= 11 is 0. The lowest BCUT2D eigenvalue weighted by Crippen LogP contribution is -2.11. The van der Waals surface area contributed by atoms with E-state index in [1.165, 1.54) is 19.4 Å². The minimum absolute atomic E-state index is 0.176. The van der Waals surface area contributed by atoms with E-state index in [0.29, 0.717) is 10.4 Å². The monoisotopic (exact) mass is 290 g/mol. The quantitative estimate of drug-likeness (QED) is 0.677. The van der Waals surface area contributed by atoms with E-state index in [0.717, 1.165) is 11.1 Å². The van der Waals surface area contributed by atoms with Gasteiger partial charge in [-0.05, 0) is 17.5 Å². The van der Waals surface area contributed by atoms with Gasteiger partial charge >= 0.3 is 5.97 Å². The van der Waals surface area contributed by atoms with Gasteiger partial charge in [0.15, 0.2) is 0 Å². The second-order valence-corrected chi connectivity index (χ2v) is 4.88. The summed E-state index contributed by atoms with van der Waals surface area (Å²) in [6.45, 7) is 4.26. The summed E-state index contributed by atoms with van der Waals surface area (Å²) < 4.78 is 10.4. The molecule has 0 bridgehead atoms. The summed E-state index contributed by atoms with van der Waals surface area (Å²) in [5, 5.41) is 12.9. The average molecular weight is 290 g/mol. The van der Waals surface area contributed by atoms with E-state index < -0.39 is 5.97 Å². The SMILES string of the molecule is COC(=O)c1cccc(C(C)C)c1COc1ccn(O)n1. The van der Waals surface area contributed by atoms with Gasteiger partial charge in [0.25, 0.3) is 0 Å². The maximum Gasteiger partial charge on any atom is 0.338 e. The van der Waals surface area contributed by atoms with Crippen LogP contribution in [0.3, 0.4) is 0 Å². The van der Waals surface area contributed by atoms with Crippen molar-refractivity contribution < 1.29 is 19.5 Å². The second-order valence-electron chi connectivity index (χ2n) is 4.88. The molecule has 0 fully saturated rings. The molecule has 0 aliphatic heterocycles. The molecule has 0 spiro atoms. The van der Waals surface area contributed by atoms with Crippen molar-refractivity contribution in [2.24, 2.45) is 0 Å². The van der Waals surface area contributed by atoms with Crippen LogP contribution in [0.2, 0.25) is 0 Å². The molecule has 21 heavy (non-hydrogen) atoms. The zero-order valence-corrected chi connectivity index (χ0v) is 12.2. The lowest BCUT2D eigenvalue weighted by atomic mass is 9.93. The van der Waals surface area contributed by atoms with E-state index in [-0.39, 0.29) is 18.4 Å². The number of rotatable bonds is 5. The van der Waals surface area contributed by atoms with Gasteiger partial charge in [0.2, 0.25) is 5.88 Å².